The number of aromatic carboxylic acids is 1. The minimum Gasteiger partial charge on any atom is -0.478 e. The lowest BCUT2D eigenvalue weighted by Gasteiger charge is -2.24. The van der Waals surface area contributed by atoms with Crippen LogP contribution >= 0.6 is 0 Å². The van der Waals surface area contributed by atoms with E-state index >= 15 is 0 Å². The number of alkyl halides is 1. The Labute approximate surface area is 93.5 Å². The Hall–Kier alpha value is -1.58. The topological polar surface area (TPSA) is 40.5 Å². The zero-order valence-electron chi connectivity index (χ0n) is 9.06. The first-order valence-electron chi connectivity index (χ1n) is 5.33. The first kappa shape index (κ1) is 10.9. The van der Waals surface area contributed by atoms with Gasteiger partial charge in [-0.25, -0.2) is 9.18 Å². The molecule has 0 saturated carbocycles. The Morgan fingerprint density at radius 1 is 1.44 bits per heavy atom. The third-order valence-corrected chi connectivity index (χ3v) is 3.11. The molecule has 1 fully saturated rings. The summed E-state index contributed by atoms with van der Waals surface area (Å²) in [4.78, 5) is 12.6. The highest BCUT2D eigenvalue weighted by molar-refractivity contribution is 5.88. The van der Waals surface area contributed by atoms with Crippen molar-refractivity contribution in [3.05, 3.63) is 29.8 Å². The summed E-state index contributed by atoms with van der Waals surface area (Å²) in [6.07, 6.45) is -0.249. The molecule has 1 saturated heterocycles. The minimum atomic E-state index is -0.940. The van der Waals surface area contributed by atoms with Gasteiger partial charge >= 0.3 is 5.97 Å². The Bertz CT molecular complexity index is 391. The van der Waals surface area contributed by atoms with Crippen molar-refractivity contribution in [2.45, 2.75) is 25.6 Å². The Morgan fingerprint density at radius 2 is 2.06 bits per heavy atom. The molecular formula is C12H14FNO2. The largest absolute Gasteiger partial charge is 0.478 e. The first-order valence-corrected chi connectivity index (χ1v) is 5.33. The highest BCUT2D eigenvalue weighted by Crippen LogP contribution is 2.27. The maximum absolute atomic E-state index is 13.3. The molecular weight excluding hydrogens is 209 g/mol. The number of nitrogens with zero attached hydrogens (tertiary/aromatic N) is 1. The van der Waals surface area contributed by atoms with Crippen LogP contribution in [0.4, 0.5) is 10.1 Å². The predicted octanol–water partition coefficient (Wildman–Crippen LogP) is 2.32. The number of carbonyl (C=O) groups is 1. The number of benzene rings is 1. The van der Waals surface area contributed by atoms with Crippen molar-refractivity contribution in [1.29, 1.82) is 0 Å². The van der Waals surface area contributed by atoms with Gasteiger partial charge in [0.25, 0.3) is 0 Å². The van der Waals surface area contributed by atoms with Crippen LogP contribution in [0.2, 0.25) is 0 Å². The molecule has 0 bridgehead atoms. The van der Waals surface area contributed by atoms with Crippen molar-refractivity contribution in [3.8, 4) is 0 Å². The molecule has 2 unspecified atom stereocenters. The van der Waals surface area contributed by atoms with Crippen molar-refractivity contribution >= 4 is 11.7 Å². The third-order valence-electron chi connectivity index (χ3n) is 3.11. The molecule has 1 aliphatic heterocycles. The van der Waals surface area contributed by atoms with Crippen molar-refractivity contribution < 1.29 is 14.3 Å². The van der Waals surface area contributed by atoms with Crippen LogP contribution < -0.4 is 4.90 Å². The molecule has 1 heterocycles. The van der Waals surface area contributed by atoms with Gasteiger partial charge in [0.2, 0.25) is 0 Å². The van der Waals surface area contributed by atoms with Gasteiger partial charge < -0.3 is 10.0 Å². The summed E-state index contributed by atoms with van der Waals surface area (Å²) in [5.74, 6) is -0.940. The van der Waals surface area contributed by atoms with Gasteiger partial charge in [-0.2, -0.15) is 0 Å². The summed E-state index contributed by atoms with van der Waals surface area (Å²) in [6.45, 7) is 2.54. The Morgan fingerprint density at radius 3 is 2.50 bits per heavy atom. The van der Waals surface area contributed by atoms with E-state index in [0.717, 1.165) is 5.69 Å². The molecule has 0 spiro atoms. The van der Waals surface area contributed by atoms with E-state index in [0.29, 0.717) is 13.0 Å². The zero-order chi connectivity index (χ0) is 11.7. The fourth-order valence-corrected chi connectivity index (χ4v) is 2.06. The van der Waals surface area contributed by atoms with Crippen LogP contribution in [0.5, 0.6) is 0 Å². The molecule has 0 amide bonds. The molecule has 2 rings (SSSR count). The van der Waals surface area contributed by atoms with Gasteiger partial charge in [-0.3, -0.25) is 0 Å². The molecule has 16 heavy (non-hydrogen) atoms. The van der Waals surface area contributed by atoms with E-state index in [-0.39, 0.29) is 11.6 Å². The average molecular weight is 223 g/mol. The summed E-state index contributed by atoms with van der Waals surface area (Å²) >= 11 is 0. The minimum absolute atomic E-state index is 0.129. The van der Waals surface area contributed by atoms with E-state index in [1.54, 1.807) is 24.3 Å². The van der Waals surface area contributed by atoms with Gasteiger partial charge in [-0.1, -0.05) is 0 Å². The molecule has 1 aromatic carbocycles. The van der Waals surface area contributed by atoms with Crippen molar-refractivity contribution in [2.24, 2.45) is 0 Å². The molecule has 0 aliphatic carbocycles. The summed E-state index contributed by atoms with van der Waals surface area (Å²) in [5.41, 5.74) is 1.14. The van der Waals surface area contributed by atoms with Crippen LogP contribution in [0.3, 0.4) is 0 Å². The molecule has 0 radical (unpaired) electrons. The van der Waals surface area contributed by atoms with Crippen LogP contribution in [-0.4, -0.2) is 29.8 Å². The standard InChI is InChI=1S/C12H14FNO2/c1-8-11(13)6-7-14(8)10-4-2-9(3-5-10)12(15)16/h2-5,8,11H,6-7H2,1H3,(H,15,16). The highest BCUT2D eigenvalue weighted by atomic mass is 19.1. The maximum Gasteiger partial charge on any atom is 0.335 e. The molecule has 86 valence electrons. The van der Waals surface area contributed by atoms with Gasteiger partial charge in [0.05, 0.1) is 11.6 Å². The molecule has 3 nitrogen and oxygen atoms in total. The lowest BCUT2D eigenvalue weighted by atomic mass is 10.2. The van der Waals surface area contributed by atoms with Crippen molar-refractivity contribution in [1.82, 2.24) is 0 Å². The van der Waals surface area contributed by atoms with Crippen molar-refractivity contribution in [2.75, 3.05) is 11.4 Å². The molecule has 2 atom stereocenters. The lowest BCUT2D eigenvalue weighted by molar-refractivity contribution is 0.0697. The van der Waals surface area contributed by atoms with Crippen LogP contribution in [0.15, 0.2) is 24.3 Å². The molecule has 1 aliphatic rings. The van der Waals surface area contributed by atoms with E-state index in [2.05, 4.69) is 0 Å². The summed E-state index contributed by atoms with van der Waals surface area (Å²) in [5, 5.41) is 8.76. The predicted molar refractivity (Wildman–Crippen MR) is 59.7 cm³/mol. The van der Waals surface area contributed by atoms with Crippen LogP contribution in [0.1, 0.15) is 23.7 Å². The Kier molecular flexibility index (Phi) is 2.81. The number of anilines is 1. The fourth-order valence-electron chi connectivity index (χ4n) is 2.06. The van der Waals surface area contributed by atoms with Crippen LogP contribution in [0, 0.1) is 0 Å². The molecule has 1 aromatic rings. The van der Waals surface area contributed by atoms with Gasteiger partial charge in [-0.05, 0) is 37.6 Å². The highest BCUT2D eigenvalue weighted by Gasteiger charge is 2.30. The number of hydrogen-bond acceptors (Lipinski definition) is 2. The number of carboxylic acid groups (broad SMARTS) is 1. The molecule has 0 aromatic heterocycles. The van der Waals surface area contributed by atoms with Gasteiger partial charge in [-0.15, -0.1) is 0 Å². The summed E-state index contributed by atoms with van der Waals surface area (Å²) in [7, 11) is 0. The van der Waals surface area contributed by atoms with E-state index in [1.165, 1.54) is 0 Å². The van der Waals surface area contributed by atoms with Crippen LogP contribution in [0.25, 0.3) is 0 Å². The molecule has 4 heteroatoms. The van der Waals surface area contributed by atoms with Gasteiger partial charge in [0, 0.05) is 12.2 Å². The van der Waals surface area contributed by atoms with Gasteiger partial charge in [0.15, 0.2) is 0 Å². The van der Waals surface area contributed by atoms with Crippen LogP contribution in [-0.2, 0) is 0 Å². The summed E-state index contributed by atoms with van der Waals surface area (Å²) < 4.78 is 13.3. The van der Waals surface area contributed by atoms with Crippen molar-refractivity contribution in [3.63, 3.8) is 0 Å². The third kappa shape index (κ3) is 1.87. The van der Waals surface area contributed by atoms with E-state index in [9.17, 15) is 9.18 Å². The number of carboxylic acids is 1. The second kappa shape index (κ2) is 4.12. The fraction of sp³-hybridized carbons (Fsp3) is 0.417. The first-order chi connectivity index (χ1) is 7.59. The quantitative estimate of drug-likeness (QED) is 0.836. The smallest absolute Gasteiger partial charge is 0.335 e. The average Bonchev–Trinajstić information content (AvgIpc) is 2.60. The van der Waals surface area contributed by atoms with E-state index in [1.807, 2.05) is 11.8 Å². The number of rotatable bonds is 2. The van der Waals surface area contributed by atoms with Gasteiger partial charge in [0.1, 0.15) is 6.17 Å². The second-order valence-corrected chi connectivity index (χ2v) is 4.09. The number of hydrogen-bond donors (Lipinski definition) is 1. The van der Waals surface area contributed by atoms with E-state index < -0.39 is 12.1 Å². The second-order valence-electron chi connectivity index (χ2n) is 4.09. The Balaban J connectivity index is 2.19. The van der Waals surface area contributed by atoms with E-state index in [4.69, 9.17) is 5.11 Å². The maximum atomic E-state index is 13.3. The monoisotopic (exact) mass is 223 g/mol. The molecule has 1 N–H and O–H groups in total. The lowest BCUT2D eigenvalue weighted by Crippen LogP contribution is -2.30. The summed E-state index contributed by atoms with van der Waals surface area (Å²) in [6, 6.07) is 6.44. The SMILES string of the molecule is CC1C(F)CCN1c1ccc(C(=O)O)cc1. The zero-order valence-corrected chi connectivity index (χ0v) is 9.06. The normalized spacial score (nSPS) is 24.8. The number of halogens is 1.